The van der Waals surface area contributed by atoms with Crippen LogP contribution in [0.25, 0.3) is 0 Å². The van der Waals surface area contributed by atoms with Crippen molar-refractivity contribution in [3.8, 4) is 0 Å². The number of likely N-dealkylation sites (N-methyl/N-ethyl adjacent to an activating group) is 1. The Morgan fingerprint density at radius 3 is 2.11 bits per heavy atom. The molecule has 0 aromatic heterocycles. The number of aliphatic hydroxyl groups excluding tert-OH is 1. The molecule has 3 unspecified atom stereocenters. The number of carbonyl (C=O) groups excluding carboxylic acids is 1. The minimum atomic E-state index is -4.31. The Morgan fingerprint density at radius 1 is 0.892 bits per heavy atom. The summed E-state index contributed by atoms with van der Waals surface area (Å²) in [5, 5.41) is 13.5. The van der Waals surface area contributed by atoms with Crippen molar-refractivity contribution in [2.24, 2.45) is 0 Å². The fourth-order valence-electron chi connectivity index (χ4n) is 3.53. The lowest BCUT2D eigenvalue weighted by Gasteiger charge is -2.25. The second-order valence-corrected chi connectivity index (χ2v) is 12.2. The van der Waals surface area contributed by atoms with Crippen LogP contribution in [0.4, 0.5) is 0 Å². The fourth-order valence-corrected chi connectivity index (χ4v) is 4.27. The van der Waals surface area contributed by atoms with E-state index in [9.17, 15) is 19.4 Å². The number of aliphatic hydroxyl groups is 1. The summed E-state index contributed by atoms with van der Waals surface area (Å²) in [4.78, 5) is 22.6. The second-order valence-electron chi connectivity index (χ2n) is 10.8. The molecule has 0 aliphatic heterocycles. The molecule has 0 bridgehead atoms. The van der Waals surface area contributed by atoms with E-state index in [0.29, 0.717) is 17.4 Å². The predicted octanol–water partition coefficient (Wildman–Crippen LogP) is 5.90. The van der Waals surface area contributed by atoms with E-state index in [2.05, 4.69) is 31.3 Å². The maximum atomic E-state index is 12.5. The molecule has 0 fully saturated rings. The first-order valence-corrected chi connectivity index (χ1v) is 15.7. The predicted molar refractivity (Wildman–Crippen MR) is 152 cm³/mol. The molecule has 3 atom stereocenters. The standard InChI is InChI=1S/C28H55N2O6P/c1-6-8-10-12-14-16-18-20-22-28(32)29-26(27(31)21-19-17-15-13-11-9-7-2)25-36-37(33,34)35-24-23-30(3,4)5/h11,13,19,21,26-27,31H,6-10,12,14-18,20,22-25H2,1-5H3,(H-,29,32,33,34)/p+1/b13-11+,21-19+. The topological polar surface area (TPSA) is 105 Å². The van der Waals surface area contributed by atoms with Crippen LogP contribution in [0.1, 0.15) is 97.3 Å². The summed E-state index contributed by atoms with van der Waals surface area (Å²) < 4.78 is 23.1. The quantitative estimate of drug-likeness (QED) is 0.0602. The number of hydrogen-bond acceptors (Lipinski definition) is 5. The van der Waals surface area contributed by atoms with E-state index in [-0.39, 0.29) is 19.1 Å². The van der Waals surface area contributed by atoms with E-state index < -0.39 is 20.0 Å². The first-order chi connectivity index (χ1) is 17.5. The van der Waals surface area contributed by atoms with Gasteiger partial charge in [0, 0.05) is 6.42 Å². The van der Waals surface area contributed by atoms with Crippen molar-refractivity contribution in [2.75, 3.05) is 40.9 Å². The third-order valence-corrected chi connectivity index (χ3v) is 6.89. The van der Waals surface area contributed by atoms with Gasteiger partial charge in [-0.3, -0.25) is 13.8 Å². The zero-order valence-corrected chi connectivity index (χ0v) is 25.1. The molecule has 8 nitrogen and oxygen atoms in total. The molecule has 0 saturated carbocycles. The Labute approximate surface area is 226 Å². The number of phosphoric acid groups is 1. The summed E-state index contributed by atoms with van der Waals surface area (Å²) in [5.74, 6) is -0.201. The molecule has 0 saturated heterocycles. The van der Waals surface area contributed by atoms with Gasteiger partial charge in [0.2, 0.25) is 5.91 Å². The lowest BCUT2D eigenvalue weighted by Crippen LogP contribution is -2.45. The minimum Gasteiger partial charge on any atom is -0.387 e. The third kappa shape index (κ3) is 23.8. The van der Waals surface area contributed by atoms with Gasteiger partial charge in [-0.25, -0.2) is 4.57 Å². The Morgan fingerprint density at radius 2 is 1.49 bits per heavy atom. The van der Waals surface area contributed by atoms with Crippen LogP contribution in [0.2, 0.25) is 0 Å². The zero-order valence-electron chi connectivity index (χ0n) is 24.2. The van der Waals surface area contributed by atoms with Crippen molar-refractivity contribution < 1.29 is 32.9 Å². The number of phosphoric ester groups is 1. The Hall–Kier alpha value is -1.02. The molecule has 0 spiro atoms. The van der Waals surface area contributed by atoms with Crippen molar-refractivity contribution in [1.29, 1.82) is 0 Å². The van der Waals surface area contributed by atoms with Gasteiger partial charge in [-0.1, -0.05) is 89.5 Å². The van der Waals surface area contributed by atoms with Crippen LogP contribution in [-0.4, -0.2) is 73.4 Å². The molecule has 3 N–H and O–H groups in total. The van der Waals surface area contributed by atoms with Crippen molar-refractivity contribution in [3.05, 3.63) is 24.3 Å². The minimum absolute atomic E-state index is 0.0563. The highest BCUT2D eigenvalue weighted by molar-refractivity contribution is 7.47. The summed E-state index contributed by atoms with van der Waals surface area (Å²) in [6, 6.07) is -0.851. The summed E-state index contributed by atoms with van der Waals surface area (Å²) in [6.45, 7) is 4.59. The summed E-state index contributed by atoms with van der Waals surface area (Å²) in [7, 11) is 1.54. The number of hydrogen-bond donors (Lipinski definition) is 3. The molecule has 0 radical (unpaired) electrons. The van der Waals surface area contributed by atoms with Gasteiger partial charge in [-0.15, -0.1) is 0 Å². The number of allylic oxidation sites excluding steroid dienone is 3. The van der Waals surface area contributed by atoms with Gasteiger partial charge < -0.3 is 19.8 Å². The van der Waals surface area contributed by atoms with Crippen molar-refractivity contribution >= 4 is 13.7 Å². The Kier molecular flexibility index (Phi) is 21.3. The van der Waals surface area contributed by atoms with Crippen LogP contribution in [0.5, 0.6) is 0 Å². The monoisotopic (exact) mass is 547 g/mol. The lowest BCUT2D eigenvalue weighted by molar-refractivity contribution is -0.870. The Bertz CT molecular complexity index is 678. The third-order valence-electron chi connectivity index (χ3n) is 5.91. The Balaban J connectivity index is 4.76. The molecule has 1 amide bonds. The zero-order chi connectivity index (χ0) is 28.0. The van der Waals surface area contributed by atoms with Gasteiger partial charge in [-0.2, -0.15) is 0 Å². The van der Waals surface area contributed by atoms with Crippen LogP contribution in [-0.2, 0) is 18.4 Å². The molecular weight excluding hydrogens is 491 g/mol. The van der Waals surface area contributed by atoms with Crippen LogP contribution >= 0.6 is 7.82 Å². The van der Waals surface area contributed by atoms with E-state index in [0.717, 1.165) is 44.9 Å². The summed E-state index contributed by atoms with van der Waals surface area (Å²) in [5.41, 5.74) is 0. The van der Waals surface area contributed by atoms with E-state index in [1.165, 1.54) is 32.1 Å². The van der Waals surface area contributed by atoms with Gasteiger partial charge >= 0.3 is 7.82 Å². The van der Waals surface area contributed by atoms with Crippen molar-refractivity contribution in [2.45, 2.75) is 109 Å². The summed E-state index contributed by atoms with van der Waals surface area (Å²) in [6.07, 6.45) is 19.9. The average Bonchev–Trinajstić information content (AvgIpc) is 2.81. The molecule has 0 rings (SSSR count). The molecular formula is C28H56N2O6P+. The van der Waals surface area contributed by atoms with E-state index in [4.69, 9.17) is 9.05 Å². The SMILES string of the molecule is CCC/C=C/CC/C=C/C(O)C(COP(=O)(O)OCC[N+](C)(C)C)NC(=O)CCCCCCCCCC. The number of nitrogens with zero attached hydrogens (tertiary/aromatic N) is 1. The number of amides is 1. The first kappa shape index (κ1) is 36.0. The lowest BCUT2D eigenvalue weighted by atomic mass is 10.1. The average molecular weight is 548 g/mol. The molecule has 0 aromatic rings. The van der Waals surface area contributed by atoms with E-state index in [1.807, 2.05) is 27.2 Å². The van der Waals surface area contributed by atoms with Gasteiger partial charge in [0.1, 0.15) is 13.2 Å². The maximum absolute atomic E-state index is 12.5. The number of unbranched alkanes of at least 4 members (excludes halogenated alkanes) is 9. The molecule has 0 heterocycles. The molecule has 0 aromatic carbocycles. The van der Waals surface area contributed by atoms with Crippen molar-refractivity contribution in [1.82, 2.24) is 5.32 Å². The van der Waals surface area contributed by atoms with Crippen LogP contribution in [0, 0.1) is 0 Å². The molecule has 37 heavy (non-hydrogen) atoms. The maximum Gasteiger partial charge on any atom is 0.472 e. The van der Waals surface area contributed by atoms with Crippen molar-refractivity contribution in [3.63, 3.8) is 0 Å². The number of carbonyl (C=O) groups is 1. The second kappa shape index (κ2) is 21.9. The molecule has 218 valence electrons. The normalized spacial score (nSPS) is 15.8. The largest absolute Gasteiger partial charge is 0.472 e. The summed E-state index contributed by atoms with van der Waals surface area (Å²) >= 11 is 0. The van der Waals surface area contributed by atoms with Crippen LogP contribution in [0.15, 0.2) is 24.3 Å². The smallest absolute Gasteiger partial charge is 0.387 e. The number of quaternary nitrogens is 1. The first-order valence-electron chi connectivity index (χ1n) is 14.2. The van der Waals surface area contributed by atoms with Gasteiger partial charge in [0.15, 0.2) is 0 Å². The van der Waals surface area contributed by atoms with Gasteiger partial charge in [-0.05, 0) is 25.7 Å². The highest BCUT2D eigenvalue weighted by Crippen LogP contribution is 2.43. The molecule has 0 aliphatic carbocycles. The number of nitrogens with one attached hydrogen (secondary N) is 1. The highest BCUT2D eigenvalue weighted by Gasteiger charge is 2.27. The van der Waals surface area contributed by atoms with Crippen LogP contribution in [0.3, 0.4) is 0 Å². The molecule has 0 aliphatic rings. The van der Waals surface area contributed by atoms with Gasteiger partial charge in [0.05, 0.1) is 39.9 Å². The highest BCUT2D eigenvalue weighted by atomic mass is 31.2. The van der Waals surface area contributed by atoms with E-state index >= 15 is 0 Å². The number of rotatable bonds is 24. The molecule has 9 heteroatoms. The van der Waals surface area contributed by atoms with Gasteiger partial charge in [0.25, 0.3) is 0 Å². The van der Waals surface area contributed by atoms with E-state index in [1.54, 1.807) is 6.08 Å². The van der Waals surface area contributed by atoms with Crippen LogP contribution < -0.4 is 5.32 Å². The fraction of sp³-hybridized carbons (Fsp3) is 0.821.